The number of benzene rings is 3. The highest BCUT2D eigenvalue weighted by Gasteiger charge is 2.25. The molecule has 1 fully saturated rings. The van der Waals surface area contributed by atoms with Gasteiger partial charge in [-0.1, -0.05) is 35.9 Å². The molecule has 1 amide bonds. The summed E-state index contributed by atoms with van der Waals surface area (Å²) in [5.74, 6) is 0.541. The van der Waals surface area contributed by atoms with Crippen molar-refractivity contribution in [2.45, 2.75) is 27.4 Å². The third-order valence-corrected chi connectivity index (χ3v) is 7.82. The van der Waals surface area contributed by atoms with E-state index in [1.54, 1.807) is 6.07 Å². The first-order valence-corrected chi connectivity index (χ1v) is 13.5. The summed E-state index contributed by atoms with van der Waals surface area (Å²) in [5.41, 5.74) is 7.06. The van der Waals surface area contributed by atoms with Crippen molar-refractivity contribution in [3.63, 3.8) is 0 Å². The van der Waals surface area contributed by atoms with Gasteiger partial charge < -0.3 is 14.6 Å². The Bertz CT molecular complexity index is 1680. The average molecular weight is 553 g/mol. The van der Waals surface area contributed by atoms with Gasteiger partial charge in [0.2, 0.25) is 0 Å². The number of rotatable bonds is 6. The Morgan fingerprint density at radius 3 is 2.62 bits per heavy atom. The van der Waals surface area contributed by atoms with Gasteiger partial charge >= 0.3 is 0 Å². The van der Waals surface area contributed by atoms with Gasteiger partial charge in [-0.2, -0.15) is 5.26 Å². The fourth-order valence-corrected chi connectivity index (χ4v) is 5.38. The zero-order chi connectivity index (χ0) is 27.5. The Labute approximate surface area is 236 Å². The van der Waals surface area contributed by atoms with Gasteiger partial charge in [0.05, 0.1) is 22.2 Å². The number of amides is 1. The molecule has 194 valence electrons. The van der Waals surface area contributed by atoms with Gasteiger partial charge in [0, 0.05) is 27.7 Å². The molecule has 0 spiro atoms. The Balaban J connectivity index is 1.33. The molecule has 0 aliphatic carbocycles. The number of aryl methyl sites for hydroxylation is 1. The number of ether oxygens (including phenoxy) is 1. The third-order valence-electron chi connectivity index (χ3n) is 6.50. The van der Waals surface area contributed by atoms with Crippen molar-refractivity contribution in [2.75, 3.05) is 0 Å². The van der Waals surface area contributed by atoms with E-state index < -0.39 is 0 Å². The number of carbonyl (C=O) groups is 1. The lowest BCUT2D eigenvalue weighted by Gasteiger charge is -2.12. The van der Waals surface area contributed by atoms with Crippen LogP contribution in [0.25, 0.3) is 11.8 Å². The number of thioether (sulfide) groups is 1. The molecule has 0 bridgehead atoms. The molecule has 6 nitrogen and oxygen atoms in total. The SMILES string of the molecule is Cc1c(Cl)cccc1N=C1NC(=O)/C(=C\c2cc(C)n(-c3ccc(OCc4ccccc4C#N)cc3)c2C)S1. The second-order valence-corrected chi connectivity index (χ2v) is 10.5. The minimum atomic E-state index is -0.178. The quantitative estimate of drug-likeness (QED) is 0.253. The van der Waals surface area contributed by atoms with Gasteiger partial charge in [0.25, 0.3) is 5.91 Å². The number of amidine groups is 1. The van der Waals surface area contributed by atoms with Gasteiger partial charge in [-0.15, -0.1) is 0 Å². The molecule has 0 atom stereocenters. The van der Waals surface area contributed by atoms with Crippen LogP contribution in [0.4, 0.5) is 5.69 Å². The van der Waals surface area contributed by atoms with Crippen LogP contribution < -0.4 is 10.1 Å². The predicted molar refractivity (Wildman–Crippen MR) is 158 cm³/mol. The highest BCUT2D eigenvalue weighted by molar-refractivity contribution is 8.18. The molecule has 1 aliphatic heterocycles. The first kappa shape index (κ1) is 26.4. The summed E-state index contributed by atoms with van der Waals surface area (Å²) in [6.07, 6.45) is 1.90. The smallest absolute Gasteiger partial charge is 0.264 e. The van der Waals surface area contributed by atoms with Crippen molar-refractivity contribution >= 4 is 46.2 Å². The van der Waals surface area contributed by atoms with Crippen molar-refractivity contribution < 1.29 is 9.53 Å². The van der Waals surface area contributed by atoms with Gasteiger partial charge in [0.15, 0.2) is 5.17 Å². The van der Waals surface area contributed by atoms with Crippen LogP contribution in [0, 0.1) is 32.1 Å². The van der Waals surface area contributed by atoms with Crippen molar-refractivity contribution in [2.24, 2.45) is 4.99 Å². The van der Waals surface area contributed by atoms with E-state index in [4.69, 9.17) is 16.3 Å². The molecule has 1 saturated heterocycles. The number of hydrogen-bond acceptors (Lipinski definition) is 5. The Kier molecular flexibility index (Phi) is 7.60. The molecule has 8 heteroatoms. The van der Waals surface area contributed by atoms with E-state index >= 15 is 0 Å². The second kappa shape index (κ2) is 11.2. The summed E-state index contributed by atoms with van der Waals surface area (Å²) < 4.78 is 8.06. The fraction of sp³-hybridized carbons (Fsp3) is 0.129. The standard InChI is InChI=1S/C31H25ClN4O2S/c1-19-15-24(16-29-30(37)35-31(39-29)34-28-10-6-9-27(32)20(28)2)21(3)36(19)25-11-13-26(14-12-25)38-18-23-8-5-4-7-22(23)17-33/h4-16H,18H2,1-3H3,(H,34,35,37)/b29-16+. The third kappa shape index (κ3) is 5.63. The highest BCUT2D eigenvalue weighted by Crippen LogP contribution is 2.32. The van der Waals surface area contributed by atoms with Gasteiger partial charge in [0.1, 0.15) is 12.4 Å². The number of hydrogen-bond donors (Lipinski definition) is 1. The van der Waals surface area contributed by atoms with Crippen LogP contribution in [0.15, 0.2) is 82.7 Å². The minimum absolute atomic E-state index is 0.178. The molecule has 0 radical (unpaired) electrons. The van der Waals surface area contributed by atoms with Crippen LogP contribution >= 0.6 is 23.4 Å². The van der Waals surface area contributed by atoms with Crippen LogP contribution in [0.2, 0.25) is 5.02 Å². The van der Waals surface area contributed by atoms with Crippen molar-refractivity contribution in [1.29, 1.82) is 5.26 Å². The van der Waals surface area contributed by atoms with E-state index in [1.807, 2.05) is 87.5 Å². The van der Waals surface area contributed by atoms with E-state index in [0.717, 1.165) is 45.2 Å². The summed E-state index contributed by atoms with van der Waals surface area (Å²) in [5, 5.41) is 13.3. The molecule has 5 rings (SSSR count). The minimum Gasteiger partial charge on any atom is -0.489 e. The van der Waals surface area contributed by atoms with Crippen molar-refractivity contribution in [1.82, 2.24) is 9.88 Å². The Morgan fingerprint density at radius 1 is 1.08 bits per heavy atom. The Morgan fingerprint density at radius 2 is 1.85 bits per heavy atom. The largest absolute Gasteiger partial charge is 0.489 e. The number of nitrogens with one attached hydrogen (secondary N) is 1. The lowest BCUT2D eigenvalue weighted by molar-refractivity contribution is -0.115. The van der Waals surface area contributed by atoms with Crippen LogP contribution in [0.5, 0.6) is 5.75 Å². The van der Waals surface area contributed by atoms with E-state index in [9.17, 15) is 10.1 Å². The molecule has 1 N–H and O–H groups in total. The maximum absolute atomic E-state index is 12.7. The normalized spacial score (nSPS) is 15.0. The summed E-state index contributed by atoms with van der Waals surface area (Å²) in [6, 6.07) is 25.0. The zero-order valence-corrected chi connectivity index (χ0v) is 23.2. The number of aromatic nitrogens is 1. The number of carbonyl (C=O) groups excluding carboxylic acids is 1. The summed E-state index contributed by atoms with van der Waals surface area (Å²) in [6.45, 7) is 6.30. The number of aliphatic imine (C=N–C) groups is 1. The molecular formula is C31H25ClN4O2S. The number of nitriles is 1. The molecule has 0 unspecified atom stereocenters. The summed E-state index contributed by atoms with van der Waals surface area (Å²) in [7, 11) is 0. The summed E-state index contributed by atoms with van der Waals surface area (Å²) in [4.78, 5) is 17.9. The van der Waals surface area contributed by atoms with Crippen LogP contribution in [0.1, 0.15) is 33.6 Å². The lowest BCUT2D eigenvalue weighted by Crippen LogP contribution is -2.19. The maximum atomic E-state index is 12.7. The number of nitrogens with zero attached hydrogens (tertiary/aromatic N) is 3. The topological polar surface area (TPSA) is 79.4 Å². The second-order valence-electron chi connectivity index (χ2n) is 9.08. The van der Waals surface area contributed by atoms with E-state index in [2.05, 4.69) is 27.0 Å². The van der Waals surface area contributed by atoms with Crippen LogP contribution in [0.3, 0.4) is 0 Å². The van der Waals surface area contributed by atoms with Gasteiger partial charge in [-0.3, -0.25) is 4.79 Å². The van der Waals surface area contributed by atoms with Gasteiger partial charge in [-0.25, -0.2) is 4.99 Å². The molecule has 3 aromatic carbocycles. The maximum Gasteiger partial charge on any atom is 0.264 e. The Hall–Kier alpha value is -4.25. The first-order valence-electron chi connectivity index (χ1n) is 12.3. The van der Waals surface area contributed by atoms with Crippen LogP contribution in [-0.4, -0.2) is 15.6 Å². The van der Waals surface area contributed by atoms with E-state index in [-0.39, 0.29) is 5.91 Å². The average Bonchev–Trinajstić information content (AvgIpc) is 3.42. The molecule has 39 heavy (non-hydrogen) atoms. The van der Waals surface area contributed by atoms with E-state index in [0.29, 0.717) is 27.3 Å². The molecule has 4 aromatic rings. The first-order chi connectivity index (χ1) is 18.8. The molecular weight excluding hydrogens is 528 g/mol. The van der Waals surface area contributed by atoms with Gasteiger partial charge in [-0.05, 0) is 98.3 Å². The number of halogens is 1. The monoisotopic (exact) mass is 552 g/mol. The summed E-state index contributed by atoms with van der Waals surface area (Å²) >= 11 is 7.53. The lowest BCUT2D eigenvalue weighted by atomic mass is 10.1. The molecule has 2 heterocycles. The molecule has 1 aliphatic rings. The highest BCUT2D eigenvalue weighted by atomic mass is 35.5. The van der Waals surface area contributed by atoms with Crippen molar-refractivity contribution in [3.05, 3.63) is 116 Å². The molecule has 1 aromatic heterocycles. The van der Waals surface area contributed by atoms with Crippen molar-refractivity contribution in [3.8, 4) is 17.5 Å². The predicted octanol–water partition coefficient (Wildman–Crippen LogP) is 7.40. The molecule has 0 saturated carbocycles. The fourth-order valence-electron chi connectivity index (χ4n) is 4.39. The van der Waals surface area contributed by atoms with Crippen LogP contribution in [-0.2, 0) is 11.4 Å². The zero-order valence-electron chi connectivity index (χ0n) is 21.7. The van der Waals surface area contributed by atoms with E-state index in [1.165, 1.54) is 11.8 Å².